The van der Waals surface area contributed by atoms with Gasteiger partial charge in [-0.1, -0.05) is 17.7 Å². The van der Waals surface area contributed by atoms with Gasteiger partial charge in [-0.3, -0.25) is 0 Å². The second kappa shape index (κ2) is 4.80. The van der Waals surface area contributed by atoms with E-state index < -0.39 is 0 Å². The number of nitriles is 1. The summed E-state index contributed by atoms with van der Waals surface area (Å²) in [6.45, 7) is 0. The molecule has 0 aliphatic carbocycles. The zero-order valence-electron chi connectivity index (χ0n) is 6.80. The van der Waals surface area contributed by atoms with Crippen LogP contribution in [0.1, 0.15) is 18.0 Å². The smallest absolute Gasteiger partial charge is 0.0641 e. The van der Waals surface area contributed by atoms with Gasteiger partial charge >= 0.3 is 0 Å². The molecule has 0 aliphatic heterocycles. The summed E-state index contributed by atoms with van der Waals surface area (Å²) >= 11 is 8.06. The molecule has 0 aliphatic rings. The fourth-order valence-electron chi connectivity index (χ4n) is 0.959. The molecule has 2 N–H and O–H groups in total. The standard InChI is InChI=1S/C9H8ClIN2/c10-7-5-6(1-2-8(7)11)9(13)3-4-12/h1-2,5,9H,3,13H2/t9-/m1/s1. The van der Waals surface area contributed by atoms with Crippen molar-refractivity contribution >= 4 is 34.2 Å². The quantitative estimate of drug-likeness (QED) is 0.854. The molecule has 4 heteroatoms. The largest absolute Gasteiger partial charge is 0.323 e. The summed E-state index contributed by atoms with van der Waals surface area (Å²) in [5.74, 6) is 0. The maximum atomic E-state index is 8.46. The summed E-state index contributed by atoms with van der Waals surface area (Å²) in [5.41, 5.74) is 6.65. The topological polar surface area (TPSA) is 49.8 Å². The van der Waals surface area contributed by atoms with E-state index in [2.05, 4.69) is 22.6 Å². The number of benzene rings is 1. The van der Waals surface area contributed by atoms with Gasteiger partial charge in [0.2, 0.25) is 0 Å². The molecule has 0 bridgehead atoms. The van der Waals surface area contributed by atoms with Crippen molar-refractivity contribution in [3.63, 3.8) is 0 Å². The maximum absolute atomic E-state index is 8.46. The normalized spacial score (nSPS) is 12.2. The molecule has 0 saturated carbocycles. The average Bonchev–Trinajstić information content (AvgIpc) is 2.10. The van der Waals surface area contributed by atoms with Gasteiger partial charge in [0.25, 0.3) is 0 Å². The highest BCUT2D eigenvalue weighted by Crippen LogP contribution is 2.23. The Morgan fingerprint density at radius 2 is 2.31 bits per heavy atom. The first-order chi connectivity index (χ1) is 6.15. The fraction of sp³-hybridized carbons (Fsp3) is 0.222. The molecule has 1 atom stereocenters. The van der Waals surface area contributed by atoms with Crippen LogP contribution in [0.5, 0.6) is 0 Å². The van der Waals surface area contributed by atoms with Crippen LogP contribution in [0.4, 0.5) is 0 Å². The lowest BCUT2D eigenvalue weighted by molar-refractivity contribution is 0.748. The van der Waals surface area contributed by atoms with Crippen molar-refractivity contribution in [2.45, 2.75) is 12.5 Å². The Morgan fingerprint density at radius 3 is 2.85 bits per heavy atom. The van der Waals surface area contributed by atoms with Crippen LogP contribution in [-0.2, 0) is 0 Å². The lowest BCUT2D eigenvalue weighted by Gasteiger charge is -2.08. The molecule has 0 saturated heterocycles. The molecule has 0 amide bonds. The van der Waals surface area contributed by atoms with Crippen molar-refractivity contribution in [2.24, 2.45) is 5.73 Å². The lowest BCUT2D eigenvalue weighted by atomic mass is 10.1. The van der Waals surface area contributed by atoms with Gasteiger partial charge in [0, 0.05) is 9.61 Å². The molecule has 0 aromatic heterocycles. The van der Waals surface area contributed by atoms with Crippen LogP contribution in [0.15, 0.2) is 18.2 Å². The third-order valence-electron chi connectivity index (χ3n) is 1.68. The van der Waals surface area contributed by atoms with Gasteiger partial charge in [-0.2, -0.15) is 5.26 Å². The minimum atomic E-state index is -0.237. The predicted octanol–water partition coefficient (Wildman–Crippen LogP) is 2.86. The zero-order chi connectivity index (χ0) is 9.84. The highest BCUT2D eigenvalue weighted by molar-refractivity contribution is 14.1. The summed E-state index contributed by atoms with van der Waals surface area (Å²) in [4.78, 5) is 0. The van der Waals surface area contributed by atoms with Crippen molar-refractivity contribution in [1.82, 2.24) is 0 Å². The van der Waals surface area contributed by atoms with E-state index in [9.17, 15) is 0 Å². The van der Waals surface area contributed by atoms with Crippen LogP contribution in [-0.4, -0.2) is 0 Å². The van der Waals surface area contributed by atoms with E-state index in [-0.39, 0.29) is 6.04 Å². The highest BCUT2D eigenvalue weighted by atomic mass is 127. The van der Waals surface area contributed by atoms with E-state index in [4.69, 9.17) is 22.6 Å². The van der Waals surface area contributed by atoms with Gasteiger partial charge in [0.1, 0.15) is 0 Å². The van der Waals surface area contributed by atoms with Gasteiger partial charge in [-0.25, -0.2) is 0 Å². The first-order valence-electron chi connectivity index (χ1n) is 3.72. The molecule has 1 aromatic rings. The molecule has 68 valence electrons. The third kappa shape index (κ3) is 2.83. The Balaban J connectivity index is 2.91. The number of nitrogens with two attached hydrogens (primary N) is 1. The van der Waals surface area contributed by atoms with Crippen molar-refractivity contribution < 1.29 is 0 Å². The van der Waals surface area contributed by atoms with Crippen LogP contribution in [0.3, 0.4) is 0 Å². The predicted molar refractivity (Wildman–Crippen MR) is 61.3 cm³/mol. The van der Waals surface area contributed by atoms with Crippen LogP contribution >= 0.6 is 34.2 Å². The van der Waals surface area contributed by atoms with Crippen LogP contribution in [0.25, 0.3) is 0 Å². The molecule has 0 spiro atoms. The number of halogens is 2. The van der Waals surface area contributed by atoms with Gasteiger partial charge in [0.05, 0.1) is 17.5 Å². The second-order valence-corrected chi connectivity index (χ2v) is 4.21. The number of nitrogens with zero attached hydrogens (tertiary/aromatic N) is 1. The van der Waals surface area contributed by atoms with E-state index in [1.165, 1.54) is 0 Å². The van der Waals surface area contributed by atoms with Gasteiger partial charge < -0.3 is 5.73 Å². The molecule has 0 unspecified atom stereocenters. The summed E-state index contributed by atoms with van der Waals surface area (Å²) < 4.78 is 0.993. The van der Waals surface area contributed by atoms with Crippen LogP contribution in [0, 0.1) is 14.9 Å². The minimum absolute atomic E-state index is 0.237. The first kappa shape index (κ1) is 10.8. The van der Waals surface area contributed by atoms with Crippen molar-refractivity contribution in [1.29, 1.82) is 5.26 Å². The van der Waals surface area contributed by atoms with E-state index >= 15 is 0 Å². The second-order valence-electron chi connectivity index (χ2n) is 2.64. The molecular formula is C9H8ClIN2. The average molecular weight is 307 g/mol. The van der Waals surface area contributed by atoms with Crippen LogP contribution in [0.2, 0.25) is 5.02 Å². The minimum Gasteiger partial charge on any atom is -0.323 e. The molecular weight excluding hydrogens is 298 g/mol. The summed E-state index contributed by atoms with van der Waals surface area (Å²) in [7, 11) is 0. The molecule has 1 rings (SSSR count). The highest BCUT2D eigenvalue weighted by Gasteiger charge is 2.06. The lowest BCUT2D eigenvalue weighted by Crippen LogP contribution is -2.09. The Hall–Kier alpha value is -0.310. The molecule has 13 heavy (non-hydrogen) atoms. The Kier molecular flexibility index (Phi) is 3.97. The first-order valence-corrected chi connectivity index (χ1v) is 5.18. The van der Waals surface area contributed by atoms with E-state index in [0.717, 1.165) is 9.13 Å². The molecule has 1 aromatic carbocycles. The molecule has 0 heterocycles. The molecule has 0 fully saturated rings. The SMILES string of the molecule is N#CC[C@@H](N)c1ccc(I)c(Cl)c1. The third-order valence-corrected chi connectivity index (χ3v) is 3.26. The molecule has 0 radical (unpaired) electrons. The Bertz CT molecular complexity index is 346. The van der Waals surface area contributed by atoms with E-state index in [1.807, 2.05) is 24.3 Å². The fourth-order valence-corrected chi connectivity index (χ4v) is 1.48. The summed E-state index contributed by atoms with van der Waals surface area (Å²) in [5, 5.41) is 9.14. The van der Waals surface area contributed by atoms with E-state index in [0.29, 0.717) is 11.4 Å². The number of hydrogen-bond acceptors (Lipinski definition) is 2. The Morgan fingerprint density at radius 1 is 1.62 bits per heavy atom. The maximum Gasteiger partial charge on any atom is 0.0641 e. The van der Waals surface area contributed by atoms with Crippen molar-refractivity contribution in [3.05, 3.63) is 32.4 Å². The number of rotatable bonds is 2. The van der Waals surface area contributed by atoms with Gasteiger partial charge in [0.15, 0.2) is 0 Å². The van der Waals surface area contributed by atoms with Gasteiger partial charge in [-0.15, -0.1) is 0 Å². The van der Waals surface area contributed by atoms with Crippen molar-refractivity contribution in [2.75, 3.05) is 0 Å². The van der Waals surface area contributed by atoms with Crippen LogP contribution < -0.4 is 5.73 Å². The molecule has 2 nitrogen and oxygen atoms in total. The zero-order valence-corrected chi connectivity index (χ0v) is 9.71. The number of hydrogen-bond donors (Lipinski definition) is 1. The van der Waals surface area contributed by atoms with Crippen molar-refractivity contribution in [3.8, 4) is 6.07 Å². The van der Waals surface area contributed by atoms with E-state index in [1.54, 1.807) is 0 Å². The monoisotopic (exact) mass is 306 g/mol. The Labute approximate surface area is 95.8 Å². The summed E-state index contributed by atoms with van der Waals surface area (Å²) in [6.07, 6.45) is 0.316. The summed E-state index contributed by atoms with van der Waals surface area (Å²) in [6, 6.07) is 7.40. The van der Waals surface area contributed by atoms with Gasteiger partial charge in [-0.05, 0) is 40.3 Å².